The second kappa shape index (κ2) is 6.08. The van der Waals surface area contributed by atoms with E-state index in [1.807, 2.05) is 4.90 Å². The van der Waals surface area contributed by atoms with Gasteiger partial charge in [-0.2, -0.15) is 0 Å². The standard InChI is InChI=1S/C11H16BrNO/c1-2-5-10-6-3-4-9-13(10)11(14)7-8-12/h10H,2-6,9H2,1H3. The maximum absolute atomic E-state index is 11.6. The quantitative estimate of drug-likeness (QED) is 0.697. The van der Waals surface area contributed by atoms with Crippen LogP contribution < -0.4 is 0 Å². The van der Waals surface area contributed by atoms with E-state index in [1.165, 1.54) is 6.42 Å². The lowest BCUT2D eigenvalue weighted by Gasteiger charge is -2.34. The van der Waals surface area contributed by atoms with Crippen molar-refractivity contribution in [3.63, 3.8) is 0 Å². The van der Waals surface area contributed by atoms with Gasteiger partial charge in [-0.15, -0.1) is 0 Å². The van der Waals surface area contributed by atoms with Crippen LogP contribution in [0.5, 0.6) is 0 Å². The summed E-state index contributed by atoms with van der Waals surface area (Å²) < 4.78 is 0. The zero-order valence-corrected chi connectivity index (χ0v) is 10.1. The first-order valence-electron chi connectivity index (χ1n) is 5.21. The Morgan fingerprint density at radius 2 is 2.36 bits per heavy atom. The van der Waals surface area contributed by atoms with Crippen molar-refractivity contribution in [2.75, 3.05) is 6.54 Å². The maximum Gasteiger partial charge on any atom is 0.299 e. The van der Waals surface area contributed by atoms with Gasteiger partial charge in [0.25, 0.3) is 5.91 Å². The molecule has 1 fully saturated rings. The van der Waals surface area contributed by atoms with Crippen LogP contribution in [0.2, 0.25) is 0 Å². The Morgan fingerprint density at radius 1 is 1.57 bits per heavy atom. The molecule has 0 N–H and O–H groups in total. The smallest absolute Gasteiger partial charge is 0.299 e. The van der Waals surface area contributed by atoms with Crippen molar-refractivity contribution in [1.29, 1.82) is 0 Å². The highest BCUT2D eigenvalue weighted by atomic mass is 79.9. The zero-order valence-electron chi connectivity index (χ0n) is 8.55. The molecule has 0 aromatic heterocycles. The number of likely N-dealkylation sites (tertiary alicyclic amines) is 1. The van der Waals surface area contributed by atoms with E-state index in [9.17, 15) is 4.79 Å². The van der Waals surface area contributed by atoms with Crippen LogP contribution in [0.15, 0.2) is 0 Å². The van der Waals surface area contributed by atoms with E-state index in [0.717, 1.165) is 32.2 Å². The third kappa shape index (κ3) is 3.02. The van der Waals surface area contributed by atoms with E-state index in [-0.39, 0.29) is 5.91 Å². The lowest BCUT2D eigenvalue weighted by molar-refractivity contribution is -0.128. The van der Waals surface area contributed by atoms with Gasteiger partial charge in [0.05, 0.1) is 0 Å². The fourth-order valence-electron chi connectivity index (χ4n) is 2.01. The Kier molecular flexibility index (Phi) is 5.03. The number of carbonyl (C=O) groups excluding carboxylic acids is 1. The fourth-order valence-corrected chi connectivity index (χ4v) is 2.18. The highest BCUT2D eigenvalue weighted by molar-refractivity contribution is 9.12. The van der Waals surface area contributed by atoms with Crippen molar-refractivity contribution >= 4 is 21.8 Å². The summed E-state index contributed by atoms with van der Waals surface area (Å²) in [6.45, 7) is 3.04. The van der Waals surface area contributed by atoms with E-state index >= 15 is 0 Å². The van der Waals surface area contributed by atoms with E-state index in [2.05, 4.69) is 33.6 Å². The predicted molar refractivity (Wildman–Crippen MR) is 61.0 cm³/mol. The molecule has 1 unspecified atom stereocenters. The van der Waals surface area contributed by atoms with E-state index in [4.69, 9.17) is 0 Å². The van der Waals surface area contributed by atoms with E-state index in [0.29, 0.717) is 6.04 Å². The van der Waals surface area contributed by atoms with Crippen LogP contribution in [-0.2, 0) is 4.79 Å². The Bertz CT molecular complexity index is 252. The number of carbonyl (C=O) groups is 1. The number of amides is 1. The molecule has 1 saturated heterocycles. The molecule has 0 saturated carbocycles. The molecule has 1 atom stereocenters. The van der Waals surface area contributed by atoms with Crippen molar-refractivity contribution in [3.8, 4) is 10.8 Å². The van der Waals surface area contributed by atoms with Crippen molar-refractivity contribution in [3.05, 3.63) is 0 Å². The Hall–Kier alpha value is -0.490. The number of halogens is 1. The molecule has 0 radical (unpaired) electrons. The molecule has 0 spiro atoms. The number of hydrogen-bond donors (Lipinski definition) is 0. The molecule has 1 aliphatic rings. The third-order valence-electron chi connectivity index (χ3n) is 2.66. The van der Waals surface area contributed by atoms with Crippen LogP contribution in [0.25, 0.3) is 0 Å². The summed E-state index contributed by atoms with van der Waals surface area (Å²) in [6.07, 6.45) is 5.75. The fraction of sp³-hybridized carbons (Fsp3) is 0.727. The summed E-state index contributed by atoms with van der Waals surface area (Å²) in [7, 11) is 0. The van der Waals surface area contributed by atoms with Crippen molar-refractivity contribution < 1.29 is 4.79 Å². The van der Waals surface area contributed by atoms with Gasteiger partial charge in [-0.25, -0.2) is 0 Å². The van der Waals surface area contributed by atoms with Gasteiger partial charge < -0.3 is 4.90 Å². The maximum atomic E-state index is 11.6. The van der Waals surface area contributed by atoms with Crippen LogP contribution in [-0.4, -0.2) is 23.4 Å². The van der Waals surface area contributed by atoms with E-state index in [1.54, 1.807) is 0 Å². The first-order valence-corrected chi connectivity index (χ1v) is 6.01. The minimum absolute atomic E-state index is 0.0278. The van der Waals surface area contributed by atoms with Gasteiger partial charge in [-0.3, -0.25) is 4.79 Å². The van der Waals surface area contributed by atoms with Crippen LogP contribution >= 0.6 is 15.9 Å². The SMILES string of the molecule is CCCC1CCCCN1C(=O)C#CBr. The highest BCUT2D eigenvalue weighted by Gasteiger charge is 2.24. The van der Waals surface area contributed by atoms with Gasteiger partial charge in [0, 0.05) is 34.4 Å². The van der Waals surface area contributed by atoms with Gasteiger partial charge in [0.1, 0.15) is 0 Å². The molecular formula is C11H16BrNO. The molecule has 0 bridgehead atoms. The second-order valence-corrected chi connectivity index (χ2v) is 4.05. The van der Waals surface area contributed by atoms with Crippen LogP contribution in [0, 0.1) is 10.8 Å². The zero-order chi connectivity index (χ0) is 10.4. The second-order valence-electron chi connectivity index (χ2n) is 3.66. The molecule has 14 heavy (non-hydrogen) atoms. The summed E-state index contributed by atoms with van der Waals surface area (Å²) in [5, 5.41) is 0. The number of nitrogens with zero attached hydrogens (tertiary/aromatic N) is 1. The van der Waals surface area contributed by atoms with Crippen molar-refractivity contribution in [1.82, 2.24) is 4.90 Å². The topological polar surface area (TPSA) is 20.3 Å². The molecule has 0 aromatic rings. The van der Waals surface area contributed by atoms with Crippen LogP contribution in [0.3, 0.4) is 0 Å². The summed E-state index contributed by atoms with van der Waals surface area (Å²) in [4.78, 5) is 16.0. The molecule has 0 aliphatic carbocycles. The molecule has 1 aliphatic heterocycles. The first kappa shape index (κ1) is 11.6. The van der Waals surface area contributed by atoms with Gasteiger partial charge in [0.2, 0.25) is 0 Å². The van der Waals surface area contributed by atoms with Crippen LogP contribution in [0.4, 0.5) is 0 Å². The number of piperidine rings is 1. The third-order valence-corrected chi connectivity index (χ3v) is 2.86. The van der Waals surface area contributed by atoms with Crippen molar-refractivity contribution in [2.45, 2.75) is 45.1 Å². The van der Waals surface area contributed by atoms with E-state index < -0.39 is 0 Å². The molecule has 2 nitrogen and oxygen atoms in total. The summed E-state index contributed by atoms with van der Waals surface area (Å²) in [6, 6.07) is 0.426. The van der Waals surface area contributed by atoms with Gasteiger partial charge >= 0.3 is 0 Å². The largest absolute Gasteiger partial charge is 0.329 e. The Morgan fingerprint density at radius 3 is 3.00 bits per heavy atom. The molecule has 1 amide bonds. The lowest BCUT2D eigenvalue weighted by Crippen LogP contribution is -2.43. The van der Waals surface area contributed by atoms with Gasteiger partial charge in [-0.05, 0) is 30.5 Å². The normalized spacial score (nSPS) is 21.3. The Labute approximate surface area is 94.2 Å². The Balaban J connectivity index is 2.60. The molecule has 0 aromatic carbocycles. The van der Waals surface area contributed by atoms with Crippen LogP contribution in [0.1, 0.15) is 39.0 Å². The average Bonchev–Trinajstić information content (AvgIpc) is 2.19. The molecule has 1 rings (SSSR count). The van der Waals surface area contributed by atoms with Crippen molar-refractivity contribution in [2.24, 2.45) is 0 Å². The molecule has 3 heteroatoms. The predicted octanol–water partition coefficient (Wildman–Crippen LogP) is 2.52. The minimum Gasteiger partial charge on any atom is -0.329 e. The minimum atomic E-state index is -0.0278. The summed E-state index contributed by atoms with van der Waals surface area (Å²) in [5.74, 6) is 2.53. The number of rotatable bonds is 2. The monoisotopic (exact) mass is 257 g/mol. The van der Waals surface area contributed by atoms with Gasteiger partial charge in [0.15, 0.2) is 0 Å². The van der Waals surface area contributed by atoms with Gasteiger partial charge in [-0.1, -0.05) is 13.3 Å². The first-order chi connectivity index (χ1) is 6.79. The highest BCUT2D eigenvalue weighted by Crippen LogP contribution is 2.20. The average molecular weight is 258 g/mol. The molecular weight excluding hydrogens is 242 g/mol. The number of hydrogen-bond acceptors (Lipinski definition) is 1. The molecule has 78 valence electrons. The molecule has 1 heterocycles. The summed E-state index contributed by atoms with van der Waals surface area (Å²) >= 11 is 2.97. The summed E-state index contributed by atoms with van der Waals surface area (Å²) in [5.41, 5.74) is 0. The lowest BCUT2D eigenvalue weighted by atomic mass is 9.98.